The summed E-state index contributed by atoms with van der Waals surface area (Å²) in [4.78, 5) is 10.5. The predicted octanol–water partition coefficient (Wildman–Crippen LogP) is 0.809. The molecule has 72 valence electrons. The van der Waals surface area contributed by atoms with Gasteiger partial charge >= 0.3 is 5.97 Å². The van der Waals surface area contributed by atoms with Crippen LogP contribution in [0.15, 0.2) is 18.2 Å². The second-order valence-corrected chi connectivity index (χ2v) is 3.53. The van der Waals surface area contributed by atoms with Crippen molar-refractivity contribution < 1.29 is 15.0 Å². The highest BCUT2D eigenvalue weighted by Crippen LogP contribution is 2.20. The van der Waals surface area contributed by atoms with Gasteiger partial charge in [-0.2, -0.15) is 0 Å². The molecule has 0 amide bonds. The predicted molar refractivity (Wildman–Crippen MR) is 50.0 cm³/mol. The Morgan fingerprint density at radius 3 is 3.00 bits per heavy atom. The largest absolute Gasteiger partial charge is 0.479 e. The third-order valence-electron chi connectivity index (χ3n) is 1.82. The lowest BCUT2D eigenvalue weighted by Crippen LogP contribution is -2.10. The average molecular weight is 210 g/mol. The van der Waals surface area contributed by atoms with Gasteiger partial charge in [-0.15, -0.1) is 5.10 Å². The summed E-state index contributed by atoms with van der Waals surface area (Å²) in [5, 5.41) is 21.6. The van der Waals surface area contributed by atoms with E-state index in [1.54, 1.807) is 12.1 Å². The number of carboxylic acid groups (broad SMARTS) is 1. The molecule has 2 N–H and O–H groups in total. The quantitative estimate of drug-likeness (QED) is 0.766. The molecular formula is C8H6N2O3S. The van der Waals surface area contributed by atoms with Crippen molar-refractivity contribution in [3.8, 4) is 0 Å². The first-order valence-corrected chi connectivity index (χ1v) is 4.59. The molecule has 2 aromatic rings. The van der Waals surface area contributed by atoms with Crippen LogP contribution in [0.2, 0.25) is 0 Å². The number of aromatic nitrogens is 2. The second-order valence-electron chi connectivity index (χ2n) is 2.74. The summed E-state index contributed by atoms with van der Waals surface area (Å²) in [7, 11) is 0. The van der Waals surface area contributed by atoms with E-state index in [4.69, 9.17) is 5.11 Å². The monoisotopic (exact) mass is 210 g/mol. The molecule has 0 bridgehead atoms. The van der Waals surface area contributed by atoms with Crippen molar-refractivity contribution in [1.29, 1.82) is 0 Å². The molecule has 0 radical (unpaired) electrons. The van der Waals surface area contributed by atoms with Crippen molar-refractivity contribution in [2.45, 2.75) is 6.10 Å². The lowest BCUT2D eigenvalue weighted by Gasteiger charge is -2.04. The summed E-state index contributed by atoms with van der Waals surface area (Å²) in [6.07, 6.45) is -1.50. The maximum Gasteiger partial charge on any atom is 0.337 e. The Morgan fingerprint density at radius 2 is 2.29 bits per heavy atom. The van der Waals surface area contributed by atoms with Gasteiger partial charge in [-0.05, 0) is 29.2 Å². The highest BCUT2D eigenvalue weighted by Gasteiger charge is 2.16. The number of nitrogens with zero attached hydrogens (tertiary/aromatic N) is 2. The molecule has 1 aromatic carbocycles. The van der Waals surface area contributed by atoms with Gasteiger partial charge < -0.3 is 10.2 Å². The first-order chi connectivity index (χ1) is 6.68. The summed E-state index contributed by atoms with van der Waals surface area (Å²) in [5.74, 6) is -1.27. The van der Waals surface area contributed by atoms with E-state index in [9.17, 15) is 9.90 Å². The van der Waals surface area contributed by atoms with Crippen LogP contribution in [0.4, 0.5) is 0 Å². The molecule has 0 aliphatic heterocycles. The van der Waals surface area contributed by atoms with E-state index in [-0.39, 0.29) is 0 Å². The summed E-state index contributed by atoms with van der Waals surface area (Å²) in [5.41, 5.74) is 0.922. The average Bonchev–Trinajstić information content (AvgIpc) is 2.62. The van der Waals surface area contributed by atoms with E-state index in [1.807, 2.05) is 0 Å². The first kappa shape index (κ1) is 9.04. The van der Waals surface area contributed by atoms with Gasteiger partial charge in [0.15, 0.2) is 6.10 Å². The zero-order valence-corrected chi connectivity index (χ0v) is 7.73. The molecule has 0 spiro atoms. The third-order valence-corrected chi connectivity index (χ3v) is 2.53. The Labute approximate surface area is 82.8 Å². The molecule has 2 rings (SSSR count). The molecule has 0 saturated heterocycles. The van der Waals surface area contributed by atoms with Crippen molar-refractivity contribution in [3.63, 3.8) is 0 Å². The van der Waals surface area contributed by atoms with E-state index >= 15 is 0 Å². The SMILES string of the molecule is O=C(O)C(O)c1ccc2snnc2c1. The van der Waals surface area contributed by atoms with Crippen LogP contribution in [-0.2, 0) is 4.79 Å². The fourth-order valence-corrected chi connectivity index (χ4v) is 1.65. The van der Waals surface area contributed by atoms with Gasteiger partial charge in [0.1, 0.15) is 5.52 Å². The minimum absolute atomic E-state index is 0.317. The summed E-state index contributed by atoms with van der Waals surface area (Å²) in [6.45, 7) is 0. The Hall–Kier alpha value is -1.53. The second kappa shape index (κ2) is 3.32. The smallest absolute Gasteiger partial charge is 0.337 e. The van der Waals surface area contributed by atoms with Crippen molar-refractivity contribution in [2.75, 3.05) is 0 Å². The number of carbonyl (C=O) groups is 1. The van der Waals surface area contributed by atoms with Crippen molar-refractivity contribution >= 4 is 27.7 Å². The number of aliphatic carboxylic acids is 1. The molecule has 14 heavy (non-hydrogen) atoms. The van der Waals surface area contributed by atoms with Gasteiger partial charge in [0.05, 0.1) is 4.70 Å². The van der Waals surface area contributed by atoms with Crippen molar-refractivity contribution in [1.82, 2.24) is 9.59 Å². The number of benzene rings is 1. The van der Waals surface area contributed by atoms with Crippen LogP contribution in [0, 0.1) is 0 Å². The van der Waals surface area contributed by atoms with Gasteiger partial charge in [-0.3, -0.25) is 0 Å². The van der Waals surface area contributed by atoms with E-state index in [0.29, 0.717) is 11.1 Å². The van der Waals surface area contributed by atoms with Crippen molar-refractivity contribution in [3.05, 3.63) is 23.8 Å². The van der Waals surface area contributed by atoms with Crippen LogP contribution < -0.4 is 0 Å². The van der Waals surface area contributed by atoms with Gasteiger partial charge in [-0.25, -0.2) is 4.79 Å². The van der Waals surface area contributed by atoms with Crippen molar-refractivity contribution in [2.24, 2.45) is 0 Å². The van der Waals surface area contributed by atoms with E-state index in [0.717, 1.165) is 4.70 Å². The summed E-state index contributed by atoms with van der Waals surface area (Å²) < 4.78 is 4.58. The minimum atomic E-state index is -1.50. The number of fused-ring (bicyclic) bond motifs is 1. The summed E-state index contributed by atoms with van der Waals surface area (Å²) >= 11 is 1.23. The molecular weight excluding hydrogens is 204 g/mol. The molecule has 6 heteroatoms. The maximum absolute atomic E-state index is 10.5. The number of rotatable bonds is 2. The maximum atomic E-state index is 10.5. The number of aliphatic hydroxyl groups is 1. The third kappa shape index (κ3) is 1.45. The van der Waals surface area contributed by atoms with E-state index in [1.165, 1.54) is 17.6 Å². The number of hydrogen-bond donors (Lipinski definition) is 2. The zero-order chi connectivity index (χ0) is 10.1. The molecule has 0 fully saturated rings. The normalized spacial score (nSPS) is 12.9. The van der Waals surface area contributed by atoms with E-state index in [2.05, 4.69) is 9.59 Å². The molecule has 0 aliphatic carbocycles. The van der Waals surface area contributed by atoms with Crippen LogP contribution in [0.5, 0.6) is 0 Å². The standard InChI is InChI=1S/C8H6N2O3S/c11-7(8(12)13)4-1-2-6-5(3-4)9-10-14-6/h1-3,7,11H,(H,12,13). The van der Waals surface area contributed by atoms with Gasteiger partial charge in [-0.1, -0.05) is 10.6 Å². The Kier molecular flexibility index (Phi) is 2.14. The fourth-order valence-electron chi connectivity index (χ4n) is 1.11. The van der Waals surface area contributed by atoms with Crippen LogP contribution in [0.3, 0.4) is 0 Å². The van der Waals surface area contributed by atoms with Crippen LogP contribution in [0.25, 0.3) is 10.2 Å². The highest BCUT2D eigenvalue weighted by molar-refractivity contribution is 7.12. The molecule has 1 unspecified atom stereocenters. The summed E-state index contributed by atoms with van der Waals surface area (Å²) in [6, 6.07) is 4.78. The van der Waals surface area contributed by atoms with Crippen LogP contribution in [-0.4, -0.2) is 25.8 Å². The molecule has 0 saturated carbocycles. The van der Waals surface area contributed by atoms with Crippen LogP contribution in [0.1, 0.15) is 11.7 Å². The van der Waals surface area contributed by atoms with Crippen LogP contribution >= 0.6 is 11.5 Å². The number of aliphatic hydroxyl groups excluding tert-OH is 1. The van der Waals surface area contributed by atoms with E-state index < -0.39 is 12.1 Å². The van der Waals surface area contributed by atoms with Gasteiger partial charge in [0.25, 0.3) is 0 Å². The highest BCUT2D eigenvalue weighted by atomic mass is 32.1. The molecule has 1 heterocycles. The molecule has 1 atom stereocenters. The molecule has 1 aromatic heterocycles. The minimum Gasteiger partial charge on any atom is -0.479 e. The Balaban J connectivity index is 2.48. The number of carboxylic acids is 1. The Morgan fingerprint density at radius 1 is 1.50 bits per heavy atom. The zero-order valence-electron chi connectivity index (χ0n) is 6.91. The fraction of sp³-hybridized carbons (Fsp3) is 0.125. The first-order valence-electron chi connectivity index (χ1n) is 3.81. The Bertz CT molecular complexity index is 482. The molecule has 5 nitrogen and oxygen atoms in total. The lowest BCUT2D eigenvalue weighted by atomic mass is 10.1. The lowest BCUT2D eigenvalue weighted by molar-refractivity contribution is -0.146. The topological polar surface area (TPSA) is 83.3 Å². The number of hydrogen-bond acceptors (Lipinski definition) is 5. The van der Waals surface area contributed by atoms with Gasteiger partial charge in [0.2, 0.25) is 0 Å². The van der Waals surface area contributed by atoms with Gasteiger partial charge in [0, 0.05) is 0 Å². The molecule has 0 aliphatic rings.